The Morgan fingerprint density at radius 2 is 1.80 bits per heavy atom. The summed E-state index contributed by atoms with van der Waals surface area (Å²) >= 11 is 0. The molecule has 0 aliphatic carbocycles. The van der Waals surface area contributed by atoms with Crippen LogP contribution in [0.2, 0.25) is 0 Å². The van der Waals surface area contributed by atoms with Crippen molar-refractivity contribution < 1.29 is 18.1 Å². The fourth-order valence-electron chi connectivity index (χ4n) is 3.39. The van der Waals surface area contributed by atoms with E-state index in [9.17, 15) is 23.3 Å². The Bertz CT molecular complexity index is 1030. The van der Waals surface area contributed by atoms with Gasteiger partial charge in [-0.15, -0.1) is 0 Å². The third-order valence-corrected chi connectivity index (χ3v) is 6.86. The molecule has 160 valence electrons. The molecule has 0 bridgehead atoms. The first-order valence-electron chi connectivity index (χ1n) is 9.59. The summed E-state index contributed by atoms with van der Waals surface area (Å²) < 4.78 is 26.7. The van der Waals surface area contributed by atoms with Gasteiger partial charge in [0, 0.05) is 44.5 Å². The van der Waals surface area contributed by atoms with Gasteiger partial charge in [-0.1, -0.05) is 24.3 Å². The molecule has 10 heteroatoms. The molecule has 1 N–H and O–H groups in total. The average Bonchev–Trinajstić information content (AvgIpc) is 2.73. The van der Waals surface area contributed by atoms with Crippen LogP contribution in [0.15, 0.2) is 48.5 Å². The zero-order valence-corrected chi connectivity index (χ0v) is 17.5. The Morgan fingerprint density at radius 3 is 2.47 bits per heavy atom. The standard InChI is InChI=1S/C20H24N4O5S/c1-16-5-4-6-17(15-16)22-10-12-23(13-11-22)30(28,29)14-9-21-20(25)18-7-2-3-8-19(18)24(26)27/h2-8,15H,9-14H2,1H3,(H,21,25). The van der Waals surface area contributed by atoms with Crippen LogP contribution in [0.3, 0.4) is 0 Å². The zero-order valence-electron chi connectivity index (χ0n) is 16.7. The number of nitro benzene ring substituents is 1. The number of para-hydroxylation sites is 1. The first-order valence-corrected chi connectivity index (χ1v) is 11.2. The SMILES string of the molecule is Cc1cccc(N2CCN(S(=O)(=O)CCNC(=O)c3ccccc3[N+](=O)[O-])CC2)c1. The van der Waals surface area contributed by atoms with Crippen molar-refractivity contribution in [1.82, 2.24) is 9.62 Å². The van der Waals surface area contributed by atoms with E-state index in [4.69, 9.17) is 0 Å². The third-order valence-electron chi connectivity index (χ3n) is 4.99. The van der Waals surface area contributed by atoms with Gasteiger partial charge in [0.15, 0.2) is 0 Å². The van der Waals surface area contributed by atoms with E-state index in [0.717, 1.165) is 11.3 Å². The minimum absolute atomic E-state index is 0.0910. The topological polar surface area (TPSA) is 113 Å². The molecule has 1 amide bonds. The van der Waals surface area contributed by atoms with E-state index in [1.807, 2.05) is 25.1 Å². The van der Waals surface area contributed by atoms with Crippen LogP contribution in [0.1, 0.15) is 15.9 Å². The fourth-order valence-corrected chi connectivity index (χ4v) is 4.73. The van der Waals surface area contributed by atoms with Crippen LogP contribution in [0.25, 0.3) is 0 Å². The minimum atomic E-state index is -3.54. The normalized spacial score (nSPS) is 15.0. The molecule has 2 aromatic carbocycles. The van der Waals surface area contributed by atoms with Crippen LogP contribution in [-0.2, 0) is 10.0 Å². The second-order valence-electron chi connectivity index (χ2n) is 7.07. The number of carbonyl (C=O) groups excluding carboxylic acids is 1. The van der Waals surface area contributed by atoms with Crippen LogP contribution in [0.5, 0.6) is 0 Å². The predicted molar refractivity (Wildman–Crippen MR) is 114 cm³/mol. The number of nitro groups is 1. The van der Waals surface area contributed by atoms with Gasteiger partial charge in [0.2, 0.25) is 10.0 Å². The molecule has 0 aromatic heterocycles. The number of nitrogens with one attached hydrogen (secondary N) is 1. The van der Waals surface area contributed by atoms with Crippen LogP contribution in [-0.4, -0.2) is 62.0 Å². The van der Waals surface area contributed by atoms with Gasteiger partial charge in [-0.05, 0) is 30.7 Å². The van der Waals surface area contributed by atoms with Gasteiger partial charge in [0.05, 0.1) is 10.7 Å². The van der Waals surface area contributed by atoms with E-state index in [0.29, 0.717) is 26.2 Å². The second kappa shape index (κ2) is 9.23. The summed E-state index contributed by atoms with van der Waals surface area (Å²) in [5.41, 5.74) is 1.82. The highest BCUT2D eigenvalue weighted by Gasteiger charge is 2.27. The van der Waals surface area contributed by atoms with Crippen molar-refractivity contribution in [2.24, 2.45) is 0 Å². The molecule has 0 saturated carbocycles. The number of amides is 1. The number of nitrogens with zero attached hydrogens (tertiary/aromatic N) is 3. The number of hydrogen-bond acceptors (Lipinski definition) is 6. The van der Waals surface area contributed by atoms with Crippen LogP contribution in [0.4, 0.5) is 11.4 Å². The second-order valence-corrected chi connectivity index (χ2v) is 9.16. The van der Waals surface area contributed by atoms with Crippen molar-refractivity contribution in [3.05, 3.63) is 69.8 Å². The summed E-state index contributed by atoms with van der Waals surface area (Å²) in [6, 6.07) is 13.6. The van der Waals surface area contributed by atoms with Gasteiger partial charge in [-0.25, -0.2) is 8.42 Å². The molecule has 30 heavy (non-hydrogen) atoms. The molecule has 0 unspecified atom stereocenters. The number of sulfonamides is 1. The summed E-state index contributed by atoms with van der Waals surface area (Å²) in [5, 5.41) is 13.5. The molecule has 2 aromatic rings. The Labute approximate surface area is 175 Å². The summed E-state index contributed by atoms with van der Waals surface area (Å²) in [6.07, 6.45) is 0. The maximum Gasteiger partial charge on any atom is 0.282 e. The van der Waals surface area contributed by atoms with Crippen molar-refractivity contribution in [1.29, 1.82) is 0 Å². The Morgan fingerprint density at radius 1 is 1.10 bits per heavy atom. The maximum absolute atomic E-state index is 12.6. The van der Waals surface area contributed by atoms with E-state index in [-0.39, 0.29) is 23.5 Å². The van der Waals surface area contributed by atoms with Crippen LogP contribution < -0.4 is 10.2 Å². The average molecular weight is 433 g/mol. The molecule has 0 radical (unpaired) electrons. The van der Waals surface area contributed by atoms with Gasteiger partial charge < -0.3 is 10.2 Å². The number of carbonyl (C=O) groups is 1. The molecule has 1 fully saturated rings. The van der Waals surface area contributed by atoms with Crippen molar-refractivity contribution >= 4 is 27.3 Å². The van der Waals surface area contributed by atoms with Crippen LogP contribution in [0, 0.1) is 17.0 Å². The fraction of sp³-hybridized carbons (Fsp3) is 0.350. The van der Waals surface area contributed by atoms with Crippen molar-refractivity contribution in [2.45, 2.75) is 6.92 Å². The first kappa shape index (κ1) is 21.7. The highest BCUT2D eigenvalue weighted by molar-refractivity contribution is 7.89. The molecule has 9 nitrogen and oxygen atoms in total. The molecular weight excluding hydrogens is 408 g/mol. The molecular formula is C20H24N4O5S. The van der Waals surface area contributed by atoms with Crippen molar-refractivity contribution in [3.8, 4) is 0 Å². The molecule has 0 spiro atoms. The van der Waals surface area contributed by atoms with E-state index < -0.39 is 20.9 Å². The number of aryl methyl sites for hydroxylation is 1. The highest BCUT2D eigenvalue weighted by atomic mass is 32.2. The maximum atomic E-state index is 12.6. The molecule has 1 aliphatic rings. The summed E-state index contributed by atoms with van der Waals surface area (Å²) in [7, 11) is -3.54. The lowest BCUT2D eigenvalue weighted by atomic mass is 10.1. The van der Waals surface area contributed by atoms with Gasteiger partial charge >= 0.3 is 0 Å². The minimum Gasteiger partial charge on any atom is -0.369 e. The van der Waals surface area contributed by atoms with Crippen LogP contribution >= 0.6 is 0 Å². The van der Waals surface area contributed by atoms with Crippen molar-refractivity contribution in [2.75, 3.05) is 43.4 Å². The number of hydrogen-bond donors (Lipinski definition) is 1. The quantitative estimate of drug-likeness (QED) is 0.527. The summed E-state index contributed by atoms with van der Waals surface area (Å²) in [5.74, 6) is -0.925. The Balaban J connectivity index is 1.53. The number of rotatable bonds is 7. The Hall–Kier alpha value is -2.98. The van der Waals surface area contributed by atoms with Gasteiger partial charge in [-0.2, -0.15) is 4.31 Å². The van der Waals surface area contributed by atoms with E-state index >= 15 is 0 Å². The summed E-state index contributed by atoms with van der Waals surface area (Å²) in [6.45, 7) is 3.81. The lowest BCUT2D eigenvalue weighted by Gasteiger charge is -2.35. The molecule has 3 rings (SSSR count). The third kappa shape index (κ3) is 5.14. The first-order chi connectivity index (χ1) is 14.3. The smallest absolute Gasteiger partial charge is 0.282 e. The van der Waals surface area contributed by atoms with Gasteiger partial charge in [0.25, 0.3) is 11.6 Å². The lowest BCUT2D eigenvalue weighted by molar-refractivity contribution is -0.385. The molecule has 1 aliphatic heterocycles. The van der Waals surface area contributed by atoms with E-state index in [1.54, 1.807) is 0 Å². The number of piperazine rings is 1. The monoisotopic (exact) mass is 432 g/mol. The van der Waals surface area contributed by atoms with E-state index in [1.165, 1.54) is 28.6 Å². The summed E-state index contributed by atoms with van der Waals surface area (Å²) in [4.78, 5) is 24.8. The lowest BCUT2D eigenvalue weighted by Crippen LogP contribution is -2.50. The van der Waals surface area contributed by atoms with Crippen molar-refractivity contribution in [3.63, 3.8) is 0 Å². The predicted octanol–water partition coefficient (Wildman–Crippen LogP) is 1.79. The number of benzene rings is 2. The molecule has 0 atom stereocenters. The van der Waals surface area contributed by atoms with Gasteiger partial charge in [-0.3, -0.25) is 14.9 Å². The largest absolute Gasteiger partial charge is 0.369 e. The molecule has 1 heterocycles. The van der Waals surface area contributed by atoms with Gasteiger partial charge in [0.1, 0.15) is 5.56 Å². The molecule has 1 saturated heterocycles. The highest BCUT2D eigenvalue weighted by Crippen LogP contribution is 2.19. The Kier molecular flexibility index (Phi) is 6.68. The van der Waals surface area contributed by atoms with E-state index in [2.05, 4.69) is 16.3 Å². The number of anilines is 1. The zero-order chi connectivity index (χ0) is 21.7.